The van der Waals surface area contributed by atoms with Gasteiger partial charge < -0.3 is 4.74 Å². The topological polar surface area (TPSA) is 9.23 Å². The molecule has 1 unspecified atom stereocenters. The summed E-state index contributed by atoms with van der Waals surface area (Å²) in [5, 5.41) is 0. The van der Waals surface area contributed by atoms with Gasteiger partial charge in [-0.25, -0.2) is 0 Å². The van der Waals surface area contributed by atoms with E-state index in [0.29, 0.717) is 5.92 Å². The SMILES string of the molecule is C=C/C(=C\C)C(C)COC.CC. The summed E-state index contributed by atoms with van der Waals surface area (Å²) in [5.74, 6) is 0.465. The van der Waals surface area contributed by atoms with Crippen LogP contribution in [0.5, 0.6) is 0 Å². The summed E-state index contributed by atoms with van der Waals surface area (Å²) in [6, 6.07) is 0. The van der Waals surface area contributed by atoms with Crippen molar-refractivity contribution < 1.29 is 4.74 Å². The Hall–Kier alpha value is -0.560. The fourth-order valence-electron chi connectivity index (χ4n) is 0.950. The Labute approximate surface area is 77.1 Å². The average Bonchev–Trinajstić information content (AvgIpc) is 2.11. The summed E-state index contributed by atoms with van der Waals surface area (Å²) < 4.78 is 5.00. The number of rotatable bonds is 4. The molecular formula is C11H22O. The molecule has 0 aromatic carbocycles. The Bertz CT molecular complexity index is 125. The van der Waals surface area contributed by atoms with E-state index in [1.807, 2.05) is 26.8 Å². The number of hydrogen-bond acceptors (Lipinski definition) is 1. The van der Waals surface area contributed by atoms with Crippen molar-refractivity contribution in [3.05, 3.63) is 24.3 Å². The molecule has 0 saturated carbocycles. The van der Waals surface area contributed by atoms with Crippen LogP contribution in [-0.4, -0.2) is 13.7 Å². The van der Waals surface area contributed by atoms with Crippen LogP contribution in [0.25, 0.3) is 0 Å². The molecule has 0 aromatic heterocycles. The lowest BCUT2D eigenvalue weighted by atomic mass is 10.0. The first-order valence-electron chi connectivity index (χ1n) is 4.53. The normalized spacial score (nSPS) is 12.9. The predicted octanol–water partition coefficient (Wildman–Crippen LogP) is 3.43. The van der Waals surface area contributed by atoms with Gasteiger partial charge in [0.25, 0.3) is 0 Å². The molecule has 0 bridgehead atoms. The highest BCUT2D eigenvalue weighted by Crippen LogP contribution is 2.10. The van der Waals surface area contributed by atoms with Crippen LogP contribution < -0.4 is 0 Å². The molecule has 1 heteroatoms. The van der Waals surface area contributed by atoms with Gasteiger partial charge in [0.1, 0.15) is 0 Å². The second-order valence-corrected chi connectivity index (χ2v) is 2.35. The largest absolute Gasteiger partial charge is 0.384 e. The van der Waals surface area contributed by atoms with Gasteiger partial charge in [-0.1, -0.05) is 39.5 Å². The zero-order valence-electron chi connectivity index (χ0n) is 9.05. The van der Waals surface area contributed by atoms with Gasteiger partial charge in [0, 0.05) is 13.0 Å². The Morgan fingerprint density at radius 3 is 2.25 bits per heavy atom. The van der Waals surface area contributed by atoms with E-state index in [4.69, 9.17) is 4.74 Å². The van der Waals surface area contributed by atoms with Gasteiger partial charge in [0.15, 0.2) is 0 Å². The van der Waals surface area contributed by atoms with E-state index in [1.165, 1.54) is 5.57 Å². The van der Waals surface area contributed by atoms with Gasteiger partial charge in [0.05, 0.1) is 6.61 Å². The van der Waals surface area contributed by atoms with Crippen LogP contribution in [0.1, 0.15) is 27.7 Å². The van der Waals surface area contributed by atoms with Crippen LogP contribution in [0.4, 0.5) is 0 Å². The lowest BCUT2D eigenvalue weighted by molar-refractivity contribution is 0.173. The standard InChI is InChI=1S/C9H16O.C2H6/c1-5-9(6-2)8(3)7-10-4;1-2/h5-6,8H,1,7H2,2-4H3;1-2H3/b9-6+;. The van der Waals surface area contributed by atoms with E-state index in [2.05, 4.69) is 19.6 Å². The fourth-order valence-corrected chi connectivity index (χ4v) is 0.950. The van der Waals surface area contributed by atoms with E-state index in [0.717, 1.165) is 6.61 Å². The van der Waals surface area contributed by atoms with Gasteiger partial charge in [-0.2, -0.15) is 0 Å². The molecule has 0 N–H and O–H groups in total. The van der Waals surface area contributed by atoms with Gasteiger partial charge in [-0.3, -0.25) is 0 Å². The van der Waals surface area contributed by atoms with Crippen LogP contribution in [0.15, 0.2) is 24.3 Å². The molecule has 12 heavy (non-hydrogen) atoms. The van der Waals surface area contributed by atoms with Crippen LogP contribution >= 0.6 is 0 Å². The van der Waals surface area contributed by atoms with Crippen LogP contribution in [0.3, 0.4) is 0 Å². The third kappa shape index (κ3) is 6.17. The van der Waals surface area contributed by atoms with E-state index in [-0.39, 0.29) is 0 Å². The van der Waals surface area contributed by atoms with Crippen molar-refractivity contribution in [3.63, 3.8) is 0 Å². The molecule has 72 valence electrons. The lowest BCUT2D eigenvalue weighted by Crippen LogP contribution is -2.04. The second kappa shape index (κ2) is 10.4. The van der Waals surface area contributed by atoms with Gasteiger partial charge in [-0.05, 0) is 12.5 Å². The van der Waals surface area contributed by atoms with Crippen molar-refractivity contribution in [3.8, 4) is 0 Å². The number of methoxy groups -OCH3 is 1. The Morgan fingerprint density at radius 1 is 1.50 bits per heavy atom. The monoisotopic (exact) mass is 170 g/mol. The van der Waals surface area contributed by atoms with Crippen LogP contribution in [0, 0.1) is 5.92 Å². The highest BCUT2D eigenvalue weighted by Gasteiger charge is 2.02. The molecule has 0 fully saturated rings. The summed E-state index contributed by atoms with van der Waals surface area (Å²) in [6.07, 6.45) is 3.94. The highest BCUT2D eigenvalue weighted by atomic mass is 16.5. The zero-order chi connectivity index (χ0) is 9.98. The smallest absolute Gasteiger partial charge is 0.0528 e. The average molecular weight is 170 g/mol. The van der Waals surface area contributed by atoms with E-state index < -0.39 is 0 Å². The zero-order valence-corrected chi connectivity index (χ0v) is 9.05. The molecule has 0 spiro atoms. The van der Waals surface area contributed by atoms with Crippen LogP contribution in [0.2, 0.25) is 0 Å². The molecule has 0 aliphatic heterocycles. The third-order valence-corrected chi connectivity index (χ3v) is 1.55. The van der Waals surface area contributed by atoms with Gasteiger partial charge >= 0.3 is 0 Å². The minimum atomic E-state index is 0.465. The third-order valence-electron chi connectivity index (χ3n) is 1.55. The maximum Gasteiger partial charge on any atom is 0.0528 e. The molecule has 0 saturated heterocycles. The molecule has 0 aliphatic rings. The van der Waals surface area contributed by atoms with Crippen molar-refractivity contribution in [2.45, 2.75) is 27.7 Å². The minimum Gasteiger partial charge on any atom is -0.384 e. The quantitative estimate of drug-likeness (QED) is 0.587. The number of ether oxygens (including phenoxy) is 1. The van der Waals surface area contributed by atoms with Gasteiger partial charge in [0.2, 0.25) is 0 Å². The van der Waals surface area contributed by atoms with Crippen molar-refractivity contribution in [1.29, 1.82) is 0 Å². The highest BCUT2D eigenvalue weighted by molar-refractivity contribution is 5.17. The van der Waals surface area contributed by atoms with E-state index >= 15 is 0 Å². The molecule has 1 atom stereocenters. The van der Waals surface area contributed by atoms with Crippen molar-refractivity contribution in [2.24, 2.45) is 5.92 Å². The molecule has 0 rings (SSSR count). The lowest BCUT2D eigenvalue weighted by Gasteiger charge is -2.09. The summed E-state index contributed by atoms with van der Waals surface area (Å²) in [5.41, 5.74) is 1.25. The molecule has 0 aromatic rings. The summed E-state index contributed by atoms with van der Waals surface area (Å²) >= 11 is 0. The Balaban J connectivity index is 0. The fraction of sp³-hybridized carbons (Fsp3) is 0.636. The number of hydrogen-bond donors (Lipinski definition) is 0. The molecule has 0 radical (unpaired) electrons. The first-order chi connectivity index (χ1) is 5.76. The van der Waals surface area contributed by atoms with Crippen molar-refractivity contribution in [2.75, 3.05) is 13.7 Å². The molecule has 0 heterocycles. The van der Waals surface area contributed by atoms with Crippen molar-refractivity contribution >= 4 is 0 Å². The predicted molar refractivity (Wildman–Crippen MR) is 56.3 cm³/mol. The molecule has 0 amide bonds. The van der Waals surface area contributed by atoms with Crippen molar-refractivity contribution in [1.82, 2.24) is 0 Å². The summed E-state index contributed by atoms with van der Waals surface area (Å²) in [6.45, 7) is 12.6. The van der Waals surface area contributed by atoms with Crippen LogP contribution in [-0.2, 0) is 4.74 Å². The van der Waals surface area contributed by atoms with Gasteiger partial charge in [-0.15, -0.1) is 0 Å². The molecular weight excluding hydrogens is 148 g/mol. The maximum atomic E-state index is 5.00. The summed E-state index contributed by atoms with van der Waals surface area (Å²) in [7, 11) is 1.72. The first kappa shape index (κ1) is 14.0. The second-order valence-electron chi connectivity index (χ2n) is 2.35. The molecule has 1 nitrogen and oxygen atoms in total. The summed E-state index contributed by atoms with van der Waals surface area (Å²) in [4.78, 5) is 0. The first-order valence-corrected chi connectivity index (χ1v) is 4.53. The van der Waals surface area contributed by atoms with E-state index in [9.17, 15) is 0 Å². The van der Waals surface area contributed by atoms with E-state index in [1.54, 1.807) is 7.11 Å². The Morgan fingerprint density at radius 2 is 2.00 bits per heavy atom. The maximum absolute atomic E-state index is 5.00. The number of allylic oxidation sites excluding steroid dienone is 2. The Kier molecular flexibility index (Phi) is 12.2. The minimum absolute atomic E-state index is 0.465. The molecule has 0 aliphatic carbocycles.